The molecule has 2 aliphatic heterocycles. The molecule has 8 nitrogen and oxygen atoms in total. The highest BCUT2D eigenvalue weighted by Crippen LogP contribution is 2.41. The van der Waals surface area contributed by atoms with E-state index in [0.29, 0.717) is 32.5 Å². The van der Waals surface area contributed by atoms with E-state index >= 15 is 0 Å². The molecule has 2 heterocycles. The summed E-state index contributed by atoms with van der Waals surface area (Å²) in [5, 5.41) is 11.8. The first-order valence-corrected chi connectivity index (χ1v) is 13.2. The number of benzene rings is 2. The van der Waals surface area contributed by atoms with Crippen molar-refractivity contribution in [3.8, 4) is 5.75 Å². The number of nitro benzene ring substituents is 1. The van der Waals surface area contributed by atoms with Gasteiger partial charge in [0.15, 0.2) is 5.75 Å². The Balaban J connectivity index is 1.68. The lowest BCUT2D eigenvalue weighted by Gasteiger charge is -2.37. The van der Waals surface area contributed by atoms with Gasteiger partial charge >= 0.3 is 11.9 Å². The Morgan fingerprint density at radius 1 is 1.14 bits per heavy atom. The molecule has 0 N–H and O–H groups in total. The molecule has 1 fully saturated rings. The number of nitro groups is 1. The SMILES string of the molecule is CC[C@H]1CCc2cc(C(F)(F)F)ccc2N1S(=O)(=O)c1ccc(OCC2CCOCC2)c([N+](=O)[O-])c1. The van der Waals surface area contributed by atoms with Gasteiger partial charge in [0.2, 0.25) is 0 Å². The van der Waals surface area contributed by atoms with Crippen molar-refractivity contribution in [2.75, 3.05) is 24.1 Å². The van der Waals surface area contributed by atoms with Crippen LogP contribution in [0.5, 0.6) is 5.75 Å². The summed E-state index contributed by atoms with van der Waals surface area (Å²) in [6, 6.07) is 5.96. The van der Waals surface area contributed by atoms with E-state index in [9.17, 15) is 31.7 Å². The average molecular weight is 529 g/mol. The molecular formula is C24H27F3N2O6S. The zero-order valence-electron chi connectivity index (χ0n) is 19.7. The van der Waals surface area contributed by atoms with Crippen molar-refractivity contribution < 1.29 is 36.0 Å². The summed E-state index contributed by atoms with van der Waals surface area (Å²) in [5.41, 5.74) is -0.913. The number of aryl methyl sites for hydroxylation is 1. The van der Waals surface area contributed by atoms with Crippen LogP contribution in [0.1, 0.15) is 43.7 Å². The zero-order chi connectivity index (χ0) is 26.1. The van der Waals surface area contributed by atoms with Gasteiger partial charge in [0, 0.05) is 25.3 Å². The van der Waals surface area contributed by atoms with E-state index in [0.717, 1.165) is 41.4 Å². The number of fused-ring (bicyclic) bond motifs is 1. The number of alkyl halides is 3. The van der Waals surface area contributed by atoms with E-state index in [1.54, 1.807) is 6.92 Å². The second kappa shape index (κ2) is 10.3. The molecule has 0 aromatic heterocycles. The normalized spacial score (nSPS) is 19.1. The van der Waals surface area contributed by atoms with Gasteiger partial charge < -0.3 is 9.47 Å². The Morgan fingerprint density at radius 2 is 1.86 bits per heavy atom. The molecule has 12 heteroatoms. The smallest absolute Gasteiger partial charge is 0.416 e. The third-order valence-corrected chi connectivity index (χ3v) is 8.56. The van der Waals surface area contributed by atoms with E-state index < -0.39 is 38.4 Å². The molecule has 2 aromatic rings. The molecular weight excluding hydrogens is 501 g/mol. The molecule has 0 unspecified atom stereocenters. The number of anilines is 1. The maximum Gasteiger partial charge on any atom is 0.416 e. The highest BCUT2D eigenvalue weighted by atomic mass is 32.2. The minimum Gasteiger partial charge on any atom is -0.487 e. The van der Waals surface area contributed by atoms with Gasteiger partial charge in [-0.3, -0.25) is 14.4 Å². The van der Waals surface area contributed by atoms with Crippen LogP contribution in [0.4, 0.5) is 24.5 Å². The Morgan fingerprint density at radius 3 is 2.50 bits per heavy atom. The molecule has 1 atom stereocenters. The van der Waals surface area contributed by atoms with E-state index in [2.05, 4.69) is 0 Å². The quantitative estimate of drug-likeness (QED) is 0.355. The van der Waals surface area contributed by atoms with Crippen molar-refractivity contribution >= 4 is 21.4 Å². The van der Waals surface area contributed by atoms with Gasteiger partial charge in [-0.05, 0) is 73.9 Å². The van der Waals surface area contributed by atoms with Crippen LogP contribution in [-0.2, 0) is 27.4 Å². The summed E-state index contributed by atoms with van der Waals surface area (Å²) in [6.07, 6.45) is -1.97. The first-order chi connectivity index (χ1) is 17.0. The van der Waals surface area contributed by atoms with Crippen LogP contribution < -0.4 is 9.04 Å². The first-order valence-electron chi connectivity index (χ1n) is 11.8. The van der Waals surface area contributed by atoms with Crippen LogP contribution in [0, 0.1) is 16.0 Å². The third kappa shape index (κ3) is 5.29. The van der Waals surface area contributed by atoms with Gasteiger partial charge in [-0.2, -0.15) is 13.2 Å². The predicted molar refractivity (Wildman–Crippen MR) is 126 cm³/mol. The van der Waals surface area contributed by atoms with Crippen molar-refractivity contribution in [3.05, 3.63) is 57.6 Å². The number of rotatable bonds is 7. The van der Waals surface area contributed by atoms with Gasteiger partial charge in [0.1, 0.15) is 0 Å². The maximum absolute atomic E-state index is 13.7. The molecule has 0 radical (unpaired) electrons. The monoisotopic (exact) mass is 528 g/mol. The molecule has 0 spiro atoms. The van der Waals surface area contributed by atoms with Gasteiger partial charge in [-0.1, -0.05) is 6.92 Å². The van der Waals surface area contributed by atoms with Crippen LogP contribution >= 0.6 is 0 Å². The molecule has 36 heavy (non-hydrogen) atoms. The van der Waals surface area contributed by atoms with Crippen molar-refractivity contribution in [3.63, 3.8) is 0 Å². The molecule has 0 amide bonds. The number of hydrogen-bond donors (Lipinski definition) is 0. The number of sulfonamides is 1. The van der Waals surface area contributed by atoms with Crippen molar-refractivity contribution in [2.45, 2.75) is 56.1 Å². The lowest BCUT2D eigenvalue weighted by Crippen LogP contribution is -2.43. The first kappa shape index (κ1) is 26.2. The highest BCUT2D eigenvalue weighted by Gasteiger charge is 2.38. The van der Waals surface area contributed by atoms with Crippen LogP contribution in [0.15, 0.2) is 41.3 Å². The minimum absolute atomic E-state index is 0.0358. The molecule has 4 rings (SSSR count). The molecule has 0 aliphatic carbocycles. The minimum atomic E-state index is -4.55. The zero-order valence-corrected chi connectivity index (χ0v) is 20.5. The lowest BCUT2D eigenvalue weighted by molar-refractivity contribution is -0.386. The average Bonchev–Trinajstić information content (AvgIpc) is 2.86. The van der Waals surface area contributed by atoms with Crippen LogP contribution in [0.2, 0.25) is 0 Å². The van der Waals surface area contributed by atoms with Gasteiger partial charge in [-0.15, -0.1) is 0 Å². The van der Waals surface area contributed by atoms with E-state index in [4.69, 9.17) is 9.47 Å². The maximum atomic E-state index is 13.7. The van der Waals surface area contributed by atoms with Gasteiger partial charge in [-0.25, -0.2) is 8.42 Å². The lowest BCUT2D eigenvalue weighted by atomic mass is 9.95. The van der Waals surface area contributed by atoms with Gasteiger partial charge in [0.25, 0.3) is 10.0 Å². The molecule has 2 aromatic carbocycles. The standard InChI is InChI=1S/C24H27F3N2O6S/c1-2-19-5-3-17-13-18(24(25,26)27)4-7-21(17)28(19)36(32,33)20-6-8-23(22(14-20)29(30)31)35-15-16-9-11-34-12-10-16/h4,6-8,13-14,16,19H,2-3,5,9-12,15H2,1H3/t19-/m0/s1. The largest absolute Gasteiger partial charge is 0.487 e. The topological polar surface area (TPSA) is 99.0 Å². The van der Waals surface area contributed by atoms with Crippen molar-refractivity contribution in [1.29, 1.82) is 0 Å². The summed E-state index contributed by atoms with van der Waals surface area (Å²) in [5.74, 6) is 0.143. The Bertz CT molecular complexity index is 1230. The number of hydrogen-bond acceptors (Lipinski definition) is 6. The van der Waals surface area contributed by atoms with Gasteiger partial charge in [0.05, 0.1) is 27.7 Å². The fourth-order valence-electron chi connectivity index (χ4n) is 4.67. The summed E-state index contributed by atoms with van der Waals surface area (Å²) in [4.78, 5) is 10.7. The van der Waals surface area contributed by atoms with Crippen LogP contribution in [0.25, 0.3) is 0 Å². The fourth-order valence-corrected chi connectivity index (χ4v) is 6.48. The second-order valence-corrected chi connectivity index (χ2v) is 10.8. The van der Waals surface area contributed by atoms with E-state index in [-0.39, 0.29) is 34.4 Å². The number of ether oxygens (including phenoxy) is 2. The van der Waals surface area contributed by atoms with Crippen molar-refractivity contribution in [2.24, 2.45) is 5.92 Å². The van der Waals surface area contributed by atoms with Crippen LogP contribution in [-0.4, -0.2) is 39.2 Å². The predicted octanol–water partition coefficient (Wildman–Crippen LogP) is 5.34. The Labute approximate surface area is 207 Å². The Hall–Kier alpha value is -2.86. The summed E-state index contributed by atoms with van der Waals surface area (Å²) in [6.45, 7) is 3.22. The van der Waals surface area contributed by atoms with Crippen molar-refractivity contribution in [1.82, 2.24) is 0 Å². The van der Waals surface area contributed by atoms with E-state index in [1.807, 2.05) is 0 Å². The van der Waals surface area contributed by atoms with E-state index in [1.165, 1.54) is 12.1 Å². The summed E-state index contributed by atoms with van der Waals surface area (Å²) in [7, 11) is -4.32. The second-order valence-electron chi connectivity index (χ2n) is 9.00. The summed E-state index contributed by atoms with van der Waals surface area (Å²) >= 11 is 0. The number of halogens is 3. The third-order valence-electron chi connectivity index (χ3n) is 6.69. The fraction of sp³-hybridized carbons (Fsp3) is 0.500. The molecule has 2 aliphatic rings. The molecule has 1 saturated heterocycles. The number of nitrogens with zero attached hydrogens (tertiary/aromatic N) is 2. The molecule has 0 bridgehead atoms. The highest BCUT2D eigenvalue weighted by molar-refractivity contribution is 7.92. The molecule has 0 saturated carbocycles. The summed E-state index contributed by atoms with van der Waals surface area (Å²) < 4.78 is 79.2. The van der Waals surface area contributed by atoms with Crippen LogP contribution in [0.3, 0.4) is 0 Å². The Kier molecular flexibility index (Phi) is 7.46. The molecule has 196 valence electrons.